The van der Waals surface area contributed by atoms with Gasteiger partial charge in [0.15, 0.2) is 0 Å². The molecule has 0 bridgehead atoms. The lowest BCUT2D eigenvalue weighted by Crippen LogP contribution is -2.01. The first-order chi connectivity index (χ1) is 8.22. The van der Waals surface area contributed by atoms with Crippen molar-refractivity contribution in [3.63, 3.8) is 0 Å². The van der Waals surface area contributed by atoms with Gasteiger partial charge in [0.25, 0.3) is 0 Å². The third-order valence-electron chi connectivity index (χ3n) is 2.68. The average molecular weight is 229 g/mol. The summed E-state index contributed by atoms with van der Waals surface area (Å²) in [6.45, 7) is 0. The fourth-order valence-electron chi connectivity index (χ4n) is 1.75. The first kappa shape index (κ1) is 11.5. The lowest BCUT2D eigenvalue weighted by molar-refractivity contribution is 0.220. The number of nitrogens with two attached hydrogens (primary N) is 1. The number of ether oxygens (including phenoxy) is 1. The highest BCUT2D eigenvalue weighted by Gasteiger charge is 2.11. The average Bonchev–Trinajstić information content (AvgIpc) is 2.39. The minimum Gasteiger partial charge on any atom is -0.495 e. The van der Waals surface area contributed by atoms with Crippen molar-refractivity contribution in [1.82, 2.24) is 0 Å². The van der Waals surface area contributed by atoms with Crippen LogP contribution in [0.2, 0.25) is 0 Å². The van der Waals surface area contributed by atoms with E-state index in [4.69, 9.17) is 10.5 Å². The van der Waals surface area contributed by atoms with Gasteiger partial charge >= 0.3 is 0 Å². The number of hydrogen-bond donors (Lipinski definition) is 2. The Labute approximate surface area is 100 Å². The SMILES string of the molecule is COc1ccc(C(O)c2ccccc2)cc1N. The molecule has 17 heavy (non-hydrogen) atoms. The predicted molar refractivity (Wildman–Crippen MR) is 67.9 cm³/mol. The van der Waals surface area contributed by atoms with E-state index in [1.165, 1.54) is 0 Å². The van der Waals surface area contributed by atoms with Crippen LogP contribution in [-0.2, 0) is 0 Å². The number of benzene rings is 2. The maximum absolute atomic E-state index is 10.2. The summed E-state index contributed by atoms with van der Waals surface area (Å²) in [6, 6.07) is 14.8. The zero-order chi connectivity index (χ0) is 12.3. The molecule has 3 heteroatoms. The minimum absolute atomic E-state index is 0.528. The Bertz CT molecular complexity index is 497. The van der Waals surface area contributed by atoms with Crippen molar-refractivity contribution in [3.05, 3.63) is 59.7 Å². The number of hydrogen-bond acceptors (Lipinski definition) is 3. The Balaban J connectivity index is 2.32. The fourth-order valence-corrected chi connectivity index (χ4v) is 1.75. The molecule has 0 aromatic heterocycles. The van der Waals surface area contributed by atoms with E-state index < -0.39 is 6.10 Å². The molecule has 2 rings (SSSR count). The van der Waals surface area contributed by atoms with E-state index in [0.717, 1.165) is 11.1 Å². The van der Waals surface area contributed by atoms with Gasteiger partial charge in [0.2, 0.25) is 0 Å². The molecule has 88 valence electrons. The van der Waals surface area contributed by atoms with Gasteiger partial charge in [0, 0.05) is 0 Å². The highest BCUT2D eigenvalue weighted by molar-refractivity contribution is 5.55. The number of rotatable bonds is 3. The highest BCUT2D eigenvalue weighted by Crippen LogP contribution is 2.28. The van der Waals surface area contributed by atoms with E-state index in [0.29, 0.717) is 11.4 Å². The number of aliphatic hydroxyl groups is 1. The van der Waals surface area contributed by atoms with Gasteiger partial charge in [-0.1, -0.05) is 36.4 Å². The zero-order valence-electron chi connectivity index (χ0n) is 9.63. The lowest BCUT2D eigenvalue weighted by Gasteiger charge is -2.13. The molecule has 2 aromatic rings. The summed E-state index contributed by atoms with van der Waals surface area (Å²) in [7, 11) is 1.57. The van der Waals surface area contributed by atoms with Crippen LogP contribution in [0.4, 0.5) is 5.69 Å². The Kier molecular flexibility index (Phi) is 3.30. The van der Waals surface area contributed by atoms with E-state index in [1.54, 1.807) is 19.2 Å². The van der Waals surface area contributed by atoms with E-state index in [1.807, 2.05) is 36.4 Å². The summed E-state index contributed by atoms with van der Waals surface area (Å²) in [5.41, 5.74) is 7.94. The summed E-state index contributed by atoms with van der Waals surface area (Å²) in [6.07, 6.45) is -0.663. The lowest BCUT2D eigenvalue weighted by atomic mass is 10.0. The summed E-state index contributed by atoms with van der Waals surface area (Å²) in [5, 5.41) is 10.2. The van der Waals surface area contributed by atoms with E-state index in [-0.39, 0.29) is 0 Å². The summed E-state index contributed by atoms with van der Waals surface area (Å²) < 4.78 is 5.08. The molecule has 0 aliphatic rings. The Morgan fingerprint density at radius 1 is 1.06 bits per heavy atom. The van der Waals surface area contributed by atoms with Crippen LogP contribution in [0, 0.1) is 0 Å². The third kappa shape index (κ3) is 2.40. The molecule has 0 aliphatic carbocycles. The summed E-state index contributed by atoms with van der Waals surface area (Å²) in [4.78, 5) is 0. The maximum atomic E-state index is 10.2. The quantitative estimate of drug-likeness (QED) is 0.794. The van der Waals surface area contributed by atoms with Crippen molar-refractivity contribution in [3.8, 4) is 5.75 Å². The van der Waals surface area contributed by atoms with Crippen molar-refractivity contribution in [2.75, 3.05) is 12.8 Å². The van der Waals surface area contributed by atoms with E-state index in [2.05, 4.69) is 0 Å². The molecule has 1 atom stereocenters. The third-order valence-corrected chi connectivity index (χ3v) is 2.68. The fraction of sp³-hybridized carbons (Fsp3) is 0.143. The second-order valence-electron chi connectivity index (χ2n) is 3.81. The first-order valence-corrected chi connectivity index (χ1v) is 5.39. The second-order valence-corrected chi connectivity index (χ2v) is 3.81. The number of anilines is 1. The van der Waals surface area contributed by atoms with Gasteiger partial charge in [0.1, 0.15) is 11.9 Å². The van der Waals surface area contributed by atoms with Gasteiger partial charge < -0.3 is 15.6 Å². The van der Waals surface area contributed by atoms with Crippen molar-refractivity contribution in [1.29, 1.82) is 0 Å². The molecular weight excluding hydrogens is 214 g/mol. The standard InChI is InChI=1S/C14H15NO2/c1-17-13-8-7-11(9-12(13)15)14(16)10-5-3-2-4-6-10/h2-9,14,16H,15H2,1H3. The largest absolute Gasteiger partial charge is 0.495 e. The van der Waals surface area contributed by atoms with Crippen LogP contribution < -0.4 is 10.5 Å². The smallest absolute Gasteiger partial charge is 0.141 e. The summed E-state index contributed by atoms with van der Waals surface area (Å²) in [5.74, 6) is 0.619. The Morgan fingerprint density at radius 2 is 1.76 bits per heavy atom. The van der Waals surface area contributed by atoms with Crippen LogP contribution in [0.25, 0.3) is 0 Å². The molecule has 0 heterocycles. The van der Waals surface area contributed by atoms with Crippen LogP contribution in [0.3, 0.4) is 0 Å². The second kappa shape index (κ2) is 4.89. The van der Waals surface area contributed by atoms with Crippen LogP contribution >= 0.6 is 0 Å². The number of nitrogen functional groups attached to an aromatic ring is 1. The molecule has 3 nitrogen and oxygen atoms in total. The molecule has 1 unspecified atom stereocenters. The highest BCUT2D eigenvalue weighted by atomic mass is 16.5. The molecule has 0 aliphatic heterocycles. The molecule has 0 fully saturated rings. The van der Waals surface area contributed by atoms with Crippen molar-refractivity contribution < 1.29 is 9.84 Å². The van der Waals surface area contributed by atoms with Crippen molar-refractivity contribution in [2.45, 2.75) is 6.10 Å². The number of aliphatic hydroxyl groups excluding tert-OH is 1. The molecule has 0 spiro atoms. The molecular formula is C14H15NO2. The van der Waals surface area contributed by atoms with Gasteiger partial charge in [-0.05, 0) is 23.3 Å². The molecule has 0 saturated carbocycles. The van der Waals surface area contributed by atoms with Crippen molar-refractivity contribution in [2.24, 2.45) is 0 Å². The van der Waals surface area contributed by atoms with Gasteiger partial charge in [0.05, 0.1) is 12.8 Å². The maximum Gasteiger partial charge on any atom is 0.141 e. The van der Waals surface area contributed by atoms with Crippen LogP contribution in [0.5, 0.6) is 5.75 Å². The van der Waals surface area contributed by atoms with Gasteiger partial charge in [-0.2, -0.15) is 0 Å². The minimum atomic E-state index is -0.663. The van der Waals surface area contributed by atoms with Gasteiger partial charge in [-0.25, -0.2) is 0 Å². The first-order valence-electron chi connectivity index (χ1n) is 5.39. The number of methoxy groups -OCH3 is 1. The van der Waals surface area contributed by atoms with E-state index in [9.17, 15) is 5.11 Å². The van der Waals surface area contributed by atoms with Crippen LogP contribution in [-0.4, -0.2) is 12.2 Å². The molecule has 3 N–H and O–H groups in total. The van der Waals surface area contributed by atoms with Gasteiger partial charge in [-0.15, -0.1) is 0 Å². The van der Waals surface area contributed by atoms with Crippen molar-refractivity contribution >= 4 is 5.69 Å². The zero-order valence-corrected chi connectivity index (χ0v) is 9.63. The van der Waals surface area contributed by atoms with Crippen LogP contribution in [0.1, 0.15) is 17.2 Å². The molecule has 2 aromatic carbocycles. The monoisotopic (exact) mass is 229 g/mol. The molecule has 0 radical (unpaired) electrons. The molecule has 0 amide bonds. The topological polar surface area (TPSA) is 55.5 Å². The molecule has 0 saturated heterocycles. The Hall–Kier alpha value is -2.00. The van der Waals surface area contributed by atoms with E-state index >= 15 is 0 Å². The Morgan fingerprint density at radius 3 is 2.35 bits per heavy atom. The predicted octanol–water partition coefficient (Wildman–Crippen LogP) is 2.36. The van der Waals surface area contributed by atoms with Gasteiger partial charge in [-0.3, -0.25) is 0 Å². The summed E-state index contributed by atoms with van der Waals surface area (Å²) >= 11 is 0. The van der Waals surface area contributed by atoms with Crippen LogP contribution in [0.15, 0.2) is 48.5 Å². The normalized spacial score (nSPS) is 12.1.